The Kier molecular flexibility index (Phi) is 4.75. The molecule has 2 aromatic rings. The van der Waals surface area contributed by atoms with Gasteiger partial charge in [0.05, 0.1) is 13.0 Å². The molecule has 1 aliphatic rings. The van der Waals surface area contributed by atoms with Gasteiger partial charge in [-0.25, -0.2) is 4.79 Å². The number of hydrogen-bond acceptors (Lipinski definition) is 5. The number of nitrogens with one attached hydrogen (secondary N) is 1. The van der Waals surface area contributed by atoms with Crippen LogP contribution in [-0.2, 0) is 9.53 Å². The average Bonchev–Trinajstić information content (AvgIpc) is 2.93. The lowest BCUT2D eigenvalue weighted by Gasteiger charge is -2.10. The van der Waals surface area contributed by atoms with E-state index in [1.165, 1.54) is 7.11 Å². The Labute approximate surface area is 151 Å². The lowest BCUT2D eigenvalue weighted by molar-refractivity contribution is -0.116. The molecule has 1 aliphatic heterocycles. The third-order valence-corrected chi connectivity index (χ3v) is 4.40. The van der Waals surface area contributed by atoms with E-state index < -0.39 is 5.97 Å². The first-order valence-electron chi connectivity index (χ1n) is 8.20. The number of benzene rings is 2. The SMILES string of the molecule is COc1ccc(C)cc1C(=O)OCC(=O)c1ccc2c(c1)[C@@H](C)C(=O)N2. The number of carbonyl (C=O) groups excluding carboxylic acids is 3. The van der Waals surface area contributed by atoms with Gasteiger partial charge in [-0.05, 0) is 49.7 Å². The van der Waals surface area contributed by atoms with Crippen molar-refractivity contribution in [2.24, 2.45) is 0 Å². The molecule has 2 aromatic carbocycles. The van der Waals surface area contributed by atoms with Crippen molar-refractivity contribution >= 4 is 23.3 Å². The first-order chi connectivity index (χ1) is 12.4. The van der Waals surface area contributed by atoms with Gasteiger partial charge in [-0.3, -0.25) is 9.59 Å². The summed E-state index contributed by atoms with van der Waals surface area (Å²) in [6.07, 6.45) is 0. The van der Waals surface area contributed by atoms with Gasteiger partial charge in [-0.1, -0.05) is 11.6 Å². The third kappa shape index (κ3) is 3.31. The van der Waals surface area contributed by atoms with Crippen molar-refractivity contribution in [2.45, 2.75) is 19.8 Å². The van der Waals surface area contributed by atoms with Gasteiger partial charge in [-0.15, -0.1) is 0 Å². The summed E-state index contributed by atoms with van der Waals surface area (Å²) in [6.45, 7) is 3.24. The van der Waals surface area contributed by atoms with E-state index in [9.17, 15) is 14.4 Å². The van der Waals surface area contributed by atoms with Gasteiger partial charge in [0.15, 0.2) is 12.4 Å². The van der Waals surface area contributed by atoms with Crippen LogP contribution in [-0.4, -0.2) is 31.4 Å². The van der Waals surface area contributed by atoms with E-state index in [2.05, 4.69) is 5.32 Å². The van der Waals surface area contributed by atoms with E-state index in [0.717, 1.165) is 11.1 Å². The Morgan fingerprint density at radius 3 is 2.65 bits per heavy atom. The lowest BCUT2D eigenvalue weighted by Crippen LogP contribution is -2.15. The number of fused-ring (bicyclic) bond motifs is 1. The van der Waals surface area contributed by atoms with E-state index >= 15 is 0 Å². The highest BCUT2D eigenvalue weighted by Gasteiger charge is 2.27. The van der Waals surface area contributed by atoms with Gasteiger partial charge in [0.25, 0.3) is 0 Å². The van der Waals surface area contributed by atoms with Crippen molar-refractivity contribution in [3.63, 3.8) is 0 Å². The fraction of sp³-hybridized carbons (Fsp3) is 0.250. The number of anilines is 1. The van der Waals surface area contributed by atoms with Crippen molar-refractivity contribution in [1.82, 2.24) is 0 Å². The average molecular weight is 353 g/mol. The number of esters is 1. The number of methoxy groups -OCH3 is 1. The van der Waals surface area contributed by atoms with Crippen molar-refractivity contribution in [3.8, 4) is 5.75 Å². The van der Waals surface area contributed by atoms with Crippen LogP contribution in [0.4, 0.5) is 5.69 Å². The lowest BCUT2D eigenvalue weighted by atomic mass is 9.99. The van der Waals surface area contributed by atoms with Crippen molar-refractivity contribution in [3.05, 3.63) is 58.7 Å². The van der Waals surface area contributed by atoms with Crippen molar-refractivity contribution in [2.75, 3.05) is 19.0 Å². The Morgan fingerprint density at radius 2 is 1.92 bits per heavy atom. The minimum Gasteiger partial charge on any atom is -0.496 e. The molecule has 0 aromatic heterocycles. The van der Waals surface area contributed by atoms with Crippen molar-refractivity contribution in [1.29, 1.82) is 0 Å². The van der Waals surface area contributed by atoms with Gasteiger partial charge < -0.3 is 14.8 Å². The Balaban J connectivity index is 1.71. The second kappa shape index (κ2) is 7.00. The van der Waals surface area contributed by atoms with Gasteiger partial charge in [-0.2, -0.15) is 0 Å². The largest absolute Gasteiger partial charge is 0.496 e. The van der Waals surface area contributed by atoms with Crippen LogP contribution in [0.2, 0.25) is 0 Å². The topological polar surface area (TPSA) is 81.7 Å². The fourth-order valence-electron chi connectivity index (χ4n) is 2.86. The first kappa shape index (κ1) is 17.7. The predicted octanol–water partition coefficient (Wildman–Crippen LogP) is 3.10. The molecule has 1 N–H and O–H groups in total. The number of aryl methyl sites for hydroxylation is 1. The van der Waals surface area contributed by atoms with E-state index in [-0.39, 0.29) is 29.8 Å². The van der Waals surface area contributed by atoms with E-state index in [0.29, 0.717) is 17.0 Å². The molecule has 0 saturated heterocycles. The van der Waals surface area contributed by atoms with Gasteiger partial charge in [0.2, 0.25) is 5.91 Å². The molecule has 1 amide bonds. The predicted molar refractivity (Wildman–Crippen MR) is 95.8 cm³/mol. The normalized spacial score (nSPS) is 15.2. The highest BCUT2D eigenvalue weighted by molar-refractivity contribution is 6.05. The summed E-state index contributed by atoms with van der Waals surface area (Å²) >= 11 is 0. The molecule has 6 nitrogen and oxygen atoms in total. The second-order valence-electron chi connectivity index (χ2n) is 6.22. The summed E-state index contributed by atoms with van der Waals surface area (Å²) in [4.78, 5) is 36.4. The summed E-state index contributed by atoms with van der Waals surface area (Å²) in [5, 5.41) is 2.75. The number of Topliss-reactive ketones (excluding diaryl/α,β-unsaturated/α-hetero) is 1. The number of amides is 1. The molecular weight excluding hydrogens is 334 g/mol. The fourth-order valence-corrected chi connectivity index (χ4v) is 2.86. The number of rotatable bonds is 5. The summed E-state index contributed by atoms with van der Waals surface area (Å²) in [6, 6.07) is 10.1. The zero-order chi connectivity index (χ0) is 18.8. The molecule has 1 heterocycles. The molecule has 26 heavy (non-hydrogen) atoms. The Bertz CT molecular complexity index is 903. The van der Waals surface area contributed by atoms with Crippen LogP contribution in [0.1, 0.15) is 44.7 Å². The smallest absolute Gasteiger partial charge is 0.342 e. The molecule has 0 unspecified atom stereocenters. The molecule has 0 fully saturated rings. The van der Waals surface area contributed by atoms with Crippen LogP contribution in [0.3, 0.4) is 0 Å². The number of carbonyl (C=O) groups is 3. The van der Waals surface area contributed by atoms with Crippen LogP contribution < -0.4 is 10.1 Å². The highest BCUT2D eigenvalue weighted by atomic mass is 16.5. The highest BCUT2D eigenvalue weighted by Crippen LogP contribution is 2.32. The summed E-state index contributed by atoms with van der Waals surface area (Å²) in [5.41, 5.74) is 3.04. The van der Waals surface area contributed by atoms with E-state index in [1.807, 2.05) is 13.0 Å². The minimum absolute atomic E-state index is 0.0948. The van der Waals surface area contributed by atoms with Crippen LogP contribution in [0.25, 0.3) is 0 Å². The number of ketones is 1. The van der Waals surface area contributed by atoms with E-state index in [1.54, 1.807) is 37.3 Å². The maximum absolute atomic E-state index is 12.4. The minimum atomic E-state index is -0.620. The zero-order valence-electron chi connectivity index (χ0n) is 14.8. The Hall–Kier alpha value is -3.15. The van der Waals surface area contributed by atoms with Crippen molar-refractivity contribution < 1.29 is 23.9 Å². The molecule has 0 spiro atoms. The second-order valence-corrected chi connectivity index (χ2v) is 6.22. The first-order valence-corrected chi connectivity index (χ1v) is 8.20. The third-order valence-electron chi connectivity index (χ3n) is 4.40. The van der Waals surface area contributed by atoms with Gasteiger partial charge in [0.1, 0.15) is 11.3 Å². The van der Waals surface area contributed by atoms with Crippen LogP contribution in [0.5, 0.6) is 5.75 Å². The standard InChI is InChI=1S/C20H19NO5/c1-11-4-7-18(25-3)15(8-11)20(24)26-10-17(22)13-5-6-16-14(9-13)12(2)19(23)21-16/h4-9,12H,10H2,1-3H3,(H,21,23)/t12-/m1/s1. The molecular formula is C20H19NO5. The van der Waals surface area contributed by atoms with Crippen LogP contribution in [0.15, 0.2) is 36.4 Å². The molecule has 0 radical (unpaired) electrons. The molecule has 134 valence electrons. The molecule has 0 saturated carbocycles. The summed E-state index contributed by atoms with van der Waals surface area (Å²) < 4.78 is 10.3. The molecule has 6 heteroatoms. The molecule has 3 rings (SSSR count). The van der Waals surface area contributed by atoms with Crippen LogP contribution in [0, 0.1) is 6.92 Å². The Morgan fingerprint density at radius 1 is 1.15 bits per heavy atom. The quantitative estimate of drug-likeness (QED) is 0.660. The molecule has 1 atom stereocenters. The molecule has 0 bridgehead atoms. The number of ether oxygens (including phenoxy) is 2. The van der Waals surface area contributed by atoms with Gasteiger partial charge >= 0.3 is 5.97 Å². The monoisotopic (exact) mass is 353 g/mol. The van der Waals surface area contributed by atoms with Gasteiger partial charge in [0, 0.05) is 11.3 Å². The number of hydrogen-bond donors (Lipinski definition) is 1. The zero-order valence-corrected chi connectivity index (χ0v) is 14.8. The maximum atomic E-state index is 12.4. The van der Waals surface area contributed by atoms with Crippen LogP contribution >= 0.6 is 0 Å². The summed E-state index contributed by atoms with van der Waals surface area (Å²) in [5.74, 6) is -0.965. The maximum Gasteiger partial charge on any atom is 0.342 e. The van der Waals surface area contributed by atoms with E-state index in [4.69, 9.17) is 9.47 Å². The molecule has 0 aliphatic carbocycles. The summed E-state index contributed by atoms with van der Waals surface area (Å²) in [7, 11) is 1.47.